The first kappa shape index (κ1) is 16.7. The molecule has 0 saturated carbocycles. The SMILES string of the molecule is CC(=O)c1cccc(Nc2ncnc(N(CC#N)CC#N)c2N)c1. The maximum absolute atomic E-state index is 11.5. The van der Waals surface area contributed by atoms with Crippen LogP contribution in [0.1, 0.15) is 17.3 Å². The van der Waals surface area contributed by atoms with Crippen LogP contribution in [-0.2, 0) is 0 Å². The summed E-state index contributed by atoms with van der Waals surface area (Å²) in [7, 11) is 0. The van der Waals surface area contributed by atoms with E-state index in [1.165, 1.54) is 18.2 Å². The van der Waals surface area contributed by atoms with Crippen LogP contribution in [0.3, 0.4) is 0 Å². The molecule has 0 radical (unpaired) electrons. The number of nitrogen functional groups attached to an aromatic ring is 1. The number of carbonyl (C=O) groups is 1. The summed E-state index contributed by atoms with van der Waals surface area (Å²) in [5.74, 6) is 0.587. The Morgan fingerprint density at radius 1 is 1.29 bits per heavy atom. The minimum atomic E-state index is -0.0517. The number of nitrogens with zero attached hydrogens (tertiary/aromatic N) is 5. The Hall–Kier alpha value is -3.65. The van der Waals surface area contributed by atoms with Gasteiger partial charge in [-0.3, -0.25) is 4.79 Å². The first-order valence-corrected chi connectivity index (χ1v) is 7.04. The van der Waals surface area contributed by atoms with Crippen molar-refractivity contribution in [1.29, 1.82) is 10.5 Å². The molecule has 2 aromatic rings. The number of aromatic nitrogens is 2. The predicted octanol–water partition coefficient (Wildman–Crippen LogP) is 1.86. The smallest absolute Gasteiger partial charge is 0.159 e. The van der Waals surface area contributed by atoms with Crippen molar-refractivity contribution in [2.75, 3.05) is 29.0 Å². The molecule has 120 valence electrons. The molecule has 0 amide bonds. The zero-order valence-corrected chi connectivity index (χ0v) is 13.0. The van der Waals surface area contributed by atoms with Crippen molar-refractivity contribution in [1.82, 2.24) is 9.97 Å². The quantitative estimate of drug-likeness (QED) is 0.608. The molecule has 0 aliphatic rings. The molecule has 1 aromatic heterocycles. The third-order valence-corrected chi connectivity index (χ3v) is 3.22. The summed E-state index contributed by atoms with van der Waals surface area (Å²) >= 11 is 0. The van der Waals surface area contributed by atoms with Gasteiger partial charge in [0.2, 0.25) is 0 Å². The number of anilines is 4. The van der Waals surface area contributed by atoms with E-state index in [0.29, 0.717) is 22.9 Å². The van der Waals surface area contributed by atoms with Gasteiger partial charge in [-0.1, -0.05) is 12.1 Å². The fraction of sp³-hybridized carbons (Fsp3) is 0.188. The molecule has 0 unspecified atom stereocenters. The van der Waals surface area contributed by atoms with Gasteiger partial charge in [-0.05, 0) is 19.1 Å². The number of hydrogen-bond donors (Lipinski definition) is 2. The second-order valence-electron chi connectivity index (χ2n) is 4.89. The number of ketones is 1. The van der Waals surface area contributed by atoms with Gasteiger partial charge >= 0.3 is 0 Å². The number of carbonyl (C=O) groups excluding carboxylic acids is 1. The van der Waals surface area contributed by atoms with Crippen molar-refractivity contribution >= 4 is 28.8 Å². The topological polar surface area (TPSA) is 132 Å². The summed E-state index contributed by atoms with van der Waals surface area (Å²) in [5, 5.41) is 20.8. The molecule has 0 saturated heterocycles. The van der Waals surface area contributed by atoms with Gasteiger partial charge in [0.1, 0.15) is 25.1 Å². The molecule has 2 rings (SSSR count). The number of benzene rings is 1. The third kappa shape index (κ3) is 3.76. The molecule has 0 atom stereocenters. The van der Waals surface area contributed by atoms with E-state index < -0.39 is 0 Å². The lowest BCUT2D eigenvalue weighted by Gasteiger charge is -2.20. The zero-order chi connectivity index (χ0) is 17.5. The number of rotatable bonds is 6. The monoisotopic (exact) mass is 321 g/mol. The Bertz CT molecular complexity index is 819. The Labute approximate surface area is 139 Å². The van der Waals surface area contributed by atoms with Gasteiger partial charge in [0.15, 0.2) is 17.4 Å². The van der Waals surface area contributed by atoms with Crippen LogP contribution in [0.2, 0.25) is 0 Å². The second-order valence-corrected chi connectivity index (χ2v) is 4.89. The van der Waals surface area contributed by atoms with E-state index in [-0.39, 0.29) is 24.6 Å². The molecule has 8 nitrogen and oxygen atoms in total. The summed E-state index contributed by atoms with van der Waals surface area (Å²) in [6, 6.07) is 10.9. The molecular weight excluding hydrogens is 306 g/mol. The van der Waals surface area contributed by atoms with E-state index in [4.69, 9.17) is 16.3 Å². The van der Waals surface area contributed by atoms with Crippen molar-refractivity contribution in [3.63, 3.8) is 0 Å². The minimum absolute atomic E-state index is 0.0198. The van der Waals surface area contributed by atoms with Crippen molar-refractivity contribution in [3.8, 4) is 12.1 Å². The van der Waals surface area contributed by atoms with Gasteiger partial charge in [0.05, 0.1) is 12.1 Å². The molecule has 3 N–H and O–H groups in total. The van der Waals surface area contributed by atoms with Gasteiger partial charge in [-0.15, -0.1) is 0 Å². The standard InChI is InChI=1S/C16H15N7O/c1-11(24)12-3-2-4-13(9-12)22-15-14(19)16(21-10-20-15)23(7-5-17)8-6-18/h2-4,9-10H,7-8,19H2,1H3,(H,20,21,22). The van der Waals surface area contributed by atoms with Crippen LogP contribution >= 0.6 is 0 Å². The van der Waals surface area contributed by atoms with Crippen LogP contribution in [-0.4, -0.2) is 28.8 Å². The van der Waals surface area contributed by atoms with Crippen LogP contribution in [0.25, 0.3) is 0 Å². The van der Waals surface area contributed by atoms with E-state index >= 15 is 0 Å². The van der Waals surface area contributed by atoms with E-state index in [0.717, 1.165) is 0 Å². The van der Waals surface area contributed by atoms with Gasteiger partial charge < -0.3 is 16.0 Å². The molecular formula is C16H15N7O. The fourth-order valence-electron chi connectivity index (χ4n) is 2.07. The summed E-state index contributed by atoms with van der Waals surface area (Å²) in [6.07, 6.45) is 1.30. The molecule has 0 aliphatic carbocycles. The lowest BCUT2D eigenvalue weighted by Crippen LogP contribution is -2.26. The van der Waals surface area contributed by atoms with Gasteiger partial charge in [0, 0.05) is 11.3 Å². The van der Waals surface area contributed by atoms with Gasteiger partial charge in [0.25, 0.3) is 0 Å². The number of Topliss-reactive ketones (excluding diaryl/α,β-unsaturated/α-hetero) is 1. The van der Waals surface area contributed by atoms with Crippen LogP contribution in [0.15, 0.2) is 30.6 Å². The van der Waals surface area contributed by atoms with E-state index in [1.807, 2.05) is 12.1 Å². The highest BCUT2D eigenvalue weighted by molar-refractivity contribution is 5.95. The Balaban J connectivity index is 2.34. The van der Waals surface area contributed by atoms with Gasteiger partial charge in [-0.2, -0.15) is 10.5 Å². The number of nitrogens with two attached hydrogens (primary N) is 1. The summed E-state index contributed by atoms with van der Waals surface area (Å²) < 4.78 is 0. The van der Waals surface area contributed by atoms with E-state index in [2.05, 4.69) is 15.3 Å². The highest BCUT2D eigenvalue weighted by atomic mass is 16.1. The molecule has 0 fully saturated rings. The van der Waals surface area contributed by atoms with Crippen LogP contribution in [0, 0.1) is 22.7 Å². The number of hydrogen-bond acceptors (Lipinski definition) is 8. The molecule has 1 aromatic carbocycles. The number of nitrogens with one attached hydrogen (secondary N) is 1. The van der Waals surface area contributed by atoms with Crippen molar-refractivity contribution in [3.05, 3.63) is 36.2 Å². The zero-order valence-electron chi connectivity index (χ0n) is 13.0. The maximum Gasteiger partial charge on any atom is 0.159 e. The number of nitriles is 2. The second kappa shape index (κ2) is 7.56. The average molecular weight is 321 g/mol. The molecule has 24 heavy (non-hydrogen) atoms. The largest absolute Gasteiger partial charge is 0.393 e. The average Bonchev–Trinajstić information content (AvgIpc) is 2.57. The molecule has 0 aliphatic heterocycles. The fourth-order valence-corrected chi connectivity index (χ4v) is 2.07. The van der Waals surface area contributed by atoms with E-state index in [1.54, 1.807) is 24.3 Å². The first-order valence-electron chi connectivity index (χ1n) is 7.04. The maximum atomic E-state index is 11.5. The molecule has 8 heteroatoms. The highest BCUT2D eigenvalue weighted by Crippen LogP contribution is 2.28. The Morgan fingerprint density at radius 2 is 2.00 bits per heavy atom. The lowest BCUT2D eigenvalue weighted by atomic mass is 10.1. The van der Waals surface area contributed by atoms with Gasteiger partial charge in [-0.25, -0.2) is 9.97 Å². The van der Waals surface area contributed by atoms with Crippen molar-refractivity contribution in [2.24, 2.45) is 0 Å². The van der Waals surface area contributed by atoms with E-state index in [9.17, 15) is 4.79 Å². The Morgan fingerprint density at radius 3 is 2.62 bits per heavy atom. The lowest BCUT2D eigenvalue weighted by molar-refractivity contribution is 0.101. The van der Waals surface area contributed by atoms with Crippen LogP contribution in [0.5, 0.6) is 0 Å². The predicted molar refractivity (Wildman–Crippen MR) is 89.6 cm³/mol. The molecule has 0 bridgehead atoms. The summed E-state index contributed by atoms with van der Waals surface area (Å²) in [5.41, 5.74) is 7.50. The normalized spacial score (nSPS) is 9.62. The summed E-state index contributed by atoms with van der Waals surface area (Å²) in [4.78, 5) is 21.1. The van der Waals surface area contributed by atoms with Crippen LogP contribution in [0.4, 0.5) is 23.0 Å². The van der Waals surface area contributed by atoms with Crippen molar-refractivity contribution in [2.45, 2.75) is 6.92 Å². The molecule has 1 heterocycles. The Kier molecular flexibility index (Phi) is 5.27. The summed E-state index contributed by atoms with van der Waals surface area (Å²) in [6.45, 7) is 1.44. The third-order valence-electron chi connectivity index (χ3n) is 3.22. The molecule has 0 spiro atoms. The highest BCUT2D eigenvalue weighted by Gasteiger charge is 2.15. The van der Waals surface area contributed by atoms with Crippen LogP contribution < -0.4 is 16.0 Å². The first-order chi connectivity index (χ1) is 11.6. The minimum Gasteiger partial charge on any atom is -0.393 e. The van der Waals surface area contributed by atoms with Crippen molar-refractivity contribution < 1.29 is 4.79 Å².